The van der Waals surface area contributed by atoms with Gasteiger partial charge in [0.15, 0.2) is 0 Å². The Morgan fingerprint density at radius 2 is 2.14 bits per heavy atom. The van der Waals surface area contributed by atoms with Gasteiger partial charge in [-0.15, -0.1) is 0 Å². The number of hydrogen-bond donors (Lipinski definition) is 3. The quantitative estimate of drug-likeness (QED) is 0.642. The molecule has 1 unspecified atom stereocenters. The number of aryl methyl sites for hydroxylation is 1. The molecule has 0 aliphatic carbocycles. The lowest BCUT2D eigenvalue weighted by molar-refractivity contribution is 0.0946. The lowest BCUT2D eigenvalue weighted by Gasteiger charge is -2.17. The van der Waals surface area contributed by atoms with Crippen LogP contribution in [0.25, 0.3) is 0 Å². The zero-order chi connectivity index (χ0) is 15.8. The lowest BCUT2D eigenvalue weighted by Crippen LogP contribution is -2.39. The highest BCUT2D eigenvalue weighted by Gasteiger charge is 2.15. The first-order valence-electron chi connectivity index (χ1n) is 7.43. The maximum Gasteiger partial charge on any atom is 0.255 e. The second-order valence-corrected chi connectivity index (χ2v) is 5.25. The topological polar surface area (TPSA) is 76.4 Å². The summed E-state index contributed by atoms with van der Waals surface area (Å²) in [5.74, 6) is 0.372. The van der Waals surface area contributed by atoms with Gasteiger partial charge >= 0.3 is 0 Å². The van der Waals surface area contributed by atoms with Crippen molar-refractivity contribution >= 4 is 11.6 Å². The Morgan fingerprint density at radius 1 is 1.43 bits per heavy atom. The van der Waals surface area contributed by atoms with Crippen LogP contribution in [-0.4, -0.2) is 32.7 Å². The van der Waals surface area contributed by atoms with Crippen LogP contribution in [0.4, 0.5) is 5.69 Å². The fraction of sp³-hybridized carbons (Fsp3) is 0.562. The molecule has 118 valence electrons. The molecule has 5 nitrogen and oxygen atoms in total. The summed E-state index contributed by atoms with van der Waals surface area (Å²) in [6.45, 7) is 4.64. The van der Waals surface area contributed by atoms with Gasteiger partial charge in [-0.2, -0.15) is 0 Å². The molecule has 0 fully saturated rings. The lowest BCUT2D eigenvalue weighted by atomic mass is 10.1. The van der Waals surface area contributed by atoms with Crippen molar-refractivity contribution in [1.29, 1.82) is 0 Å². The van der Waals surface area contributed by atoms with Crippen LogP contribution < -0.4 is 21.1 Å². The van der Waals surface area contributed by atoms with Gasteiger partial charge in [0.05, 0.1) is 12.7 Å². The highest BCUT2D eigenvalue weighted by atomic mass is 16.5. The number of carbonyl (C=O) groups excluding carboxylic acids is 1. The van der Waals surface area contributed by atoms with E-state index in [2.05, 4.69) is 17.6 Å². The number of methoxy groups -OCH3 is 1. The molecule has 0 heterocycles. The summed E-state index contributed by atoms with van der Waals surface area (Å²) in [5, 5.41) is 6.18. The molecule has 4 N–H and O–H groups in total. The first-order valence-corrected chi connectivity index (χ1v) is 7.43. The van der Waals surface area contributed by atoms with Crippen LogP contribution in [0.5, 0.6) is 5.75 Å². The zero-order valence-corrected chi connectivity index (χ0v) is 13.5. The van der Waals surface area contributed by atoms with Crippen molar-refractivity contribution in [2.24, 2.45) is 0 Å². The zero-order valence-electron chi connectivity index (χ0n) is 13.5. The molecular formula is C16H27N3O2. The van der Waals surface area contributed by atoms with E-state index in [0.29, 0.717) is 23.5 Å². The van der Waals surface area contributed by atoms with E-state index in [1.54, 1.807) is 19.2 Å². The fourth-order valence-electron chi connectivity index (χ4n) is 2.16. The Labute approximate surface area is 127 Å². The number of ether oxygens (including phenoxy) is 1. The maximum atomic E-state index is 12.3. The predicted octanol–water partition coefficient (Wildman–Crippen LogP) is 2.09. The number of nitrogens with one attached hydrogen (secondary N) is 2. The first-order chi connectivity index (χ1) is 10.0. The average molecular weight is 293 g/mol. The van der Waals surface area contributed by atoms with E-state index in [-0.39, 0.29) is 11.9 Å². The van der Waals surface area contributed by atoms with Crippen LogP contribution in [0.3, 0.4) is 0 Å². The summed E-state index contributed by atoms with van der Waals surface area (Å²) in [5.41, 5.74) is 7.86. The van der Waals surface area contributed by atoms with E-state index >= 15 is 0 Å². The molecule has 5 heteroatoms. The van der Waals surface area contributed by atoms with Gasteiger partial charge in [0.2, 0.25) is 0 Å². The largest absolute Gasteiger partial charge is 0.496 e. The third-order valence-electron chi connectivity index (χ3n) is 3.66. The molecule has 1 aromatic carbocycles. The Kier molecular flexibility index (Phi) is 7.02. The molecule has 0 aromatic heterocycles. The molecule has 0 bridgehead atoms. The minimum atomic E-state index is -0.133. The highest BCUT2D eigenvalue weighted by Crippen LogP contribution is 2.24. The molecule has 0 spiro atoms. The van der Waals surface area contributed by atoms with Gasteiger partial charge in [-0.3, -0.25) is 4.79 Å². The fourth-order valence-corrected chi connectivity index (χ4v) is 2.16. The summed E-state index contributed by atoms with van der Waals surface area (Å²) in [4.78, 5) is 12.3. The predicted molar refractivity (Wildman–Crippen MR) is 86.8 cm³/mol. The number of likely N-dealkylation sites (N-methyl/N-ethyl adjacent to an activating group) is 1. The van der Waals surface area contributed by atoms with E-state index in [4.69, 9.17) is 10.5 Å². The third-order valence-corrected chi connectivity index (χ3v) is 3.66. The molecule has 0 aliphatic heterocycles. The van der Waals surface area contributed by atoms with Crippen LogP contribution >= 0.6 is 0 Å². The number of benzene rings is 1. The molecule has 0 saturated carbocycles. The molecule has 0 radical (unpaired) electrons. The van der Waals surface area contributed by atoms with Crippen LogP contribution in [0.2, 0.25) is 0 Å². The second kappa shape index (κ2) is 8.52. The number of nitrogens with two attached hydrogens (primary N) is 1. The Balaban J connectivity index is 2.73. The smallest absolute Gasteiger partial charge is 0.255 e. The van der Waals surface area contributed by atoms with E-state index in [1.807, 2.05) is 14.0 Å². The van der Waals surface area contributed by atoms with Crippen molar-refractivity contribution in [3.63, 3.8) is 0 Å². The Hall–Kier alpha value is -1.75. The average Bonchev–Trinajstić information content (AvgIpc) is 2.49. The number of hydrogen-bond acceptors (Lipinski definition) is 4. The molecule has 1 amide bonds. The van der Waals surface area contributed by atoms with Gasteiger partial charge < -0.3 is 21.1 Å². The summed E-state index contributed by atoms with van der Waals surface area (Å²) in [7, 11) is 3.46. The number of unbranched alkanes of at least 4 members (excludes halogenated alkanes) is 1. The van der Waals surface area contributed by atoms with Gasteiger partial charge in [0.25, 0.3) is 5.91 Å². The highest BCUT2D eigenvalue weighted by molar-refractivity contribution is 5.97. The number of amides is 1. The minimum absolute atomic E-state index is 0.133. The van der Waals surface area contributed by atoms with E-state index in [1.165, 1.54) is 0 Å². The van der Waals surface area contributed by atoms with E-state index < -0.39 is 0 Å². The van der Waals surface area contributed by atoms with E-state index in [0.717, 1.165) is 24.8 Å². The van der Waals surface area contributed by atoms with Gasteiger partial charge in [-0.1, -0.05) is 19.8 Å². The van der Waals surface area contributed by atoms with Gasteiger partial charge in [-0.25, -0.2) is 0 Å². The van der Waals surface area contributed by atoms with Gasteiger partial charge in [0.1, 0.15) is 5.75 Å². The monoisotopic (exact) mass is 293 g/mol. The second-order valence-electron chi connectivity index (χ2n) is 5.25. The van der Waals surface area contributed by atoms with Crippen LogP contribution in [0, 0.1) is 6.92 Å². The van der Waals surface area contributed by atoms with Crippen molar-refractivity contribution in [3.05, 3.63) is 23.3 Å². The number of anilines is 1. The normalized spacial score (nSPS) is 12.0. The molecular weight excluding hydrogens is 266 g/mol. The molecule has 1 atom stereocenters. The van der Waals surface area contributed by atoms with Crippen molar-refractivity contribution < 1.29 is 9.53 Å². The number of carbonyl (C=O) groups is 1. The van der Waals surface area contributed by atoms with E-state index in [9.17, 15) is 4.79 Å². The van der Waals surface area contributed by atoms with Crippen molar-refractivity contribution in [3.8, 4) is 5.75 Å². The molecule has 1 aromatic rings. The first kappa shape index (κ1) is 17.3. The third kappa shape index (κ3) is 4.93. The summed E-state index contributed by atoms with van der Waals surface area (Å²) >= 11 is 0. The Morgan fingerprint density at radius 3 is 2.71 bits per heavy atom. The summed E-state index contributed by atoms with van der Waals surface area (Å²) < 4.78 is 5.24. The number of rotatable bonds is 8. The maximum absolute atomic E-state index is 12.3. The summed E-state index contributed by atoms with van der Waals surface area (Å²) in [6, 6.07) is 3.75. The van der Waals surface area contributed by atoms with Crippen LogP contribution in [0.15, 0.2) is 12.1 Å². The molecule has 0 saturated heterocycles. The Bertz CT molecular complexity index is 475. The SMILES string of the molecule is CCCCC(CNC(=O)c1cc(C)c(N)cc1OC)NC. The standard InChI is InChI=1S/C16H27N3O2/c1-5-6-7-12(18-3)10-19-16(20)13-8-11(2)14(17)9-15(13)21-4/h8-9,12,18H,5-7,10,17H2,1-4H3,(H,19,20). The molecule has 1 rings (SSSR count). The minimum Gasteiger partial charge on any atom is -0.496 e. The van der Waals surface area contributed by atoms with Crippen LogP contribution in [0.1, 0.15) is 42.1 Å². The van der Waals surface area contributed by atoms with Crippen LogP contribution in [-0.2, 0) is 0 Å². The summed E-state index contributed by atoms with van der Waals surface area (Å²) in [6.07, 6.45) is 3.34. The van der Waals surface area contributed by atoms with Crippen molar-refractivity contribution in [2.75, 3.05) is 26.4 Å². The molecule has 0 aliphatic rings. The van der Waals surface area contributed by atoms with Gasteiger partial charge in [0, 0.05) is 24.3 Å². The van der Waals surface area contributed by atoms with Crippen molar-refractivity contribution in [2.45, 2.75) is 39.2 Å². The molecule has 21 heavy (non-hydrogen) atoms. The van der Waals surface area contributed by atoms with Crippen molar-refractivity contribution in [1.82, 2.24) is 10.6 Å². The number of nitrogen functional groups attached to an aromatic ring is 1. The van der Waals surface area contributed by atoms with Gasteiger partial charge in [-0.05, 0) is 32.0 Å².